The molecule has 0 aliphatic heterocycles. The molecular weight excluding hydrogens is 440 g/mol. The van der Waals surface area contributed by atoms with Gasteiger partial charge in [0.1, 0.15) is 17.9 Å². The minimum absolute atomic E-state index is 0.0579. The lowest BCUT2D eigenvalue weighted by Crippen LogP contribution is -2.15. The fourth-order valence-corrected chi connectivity index (χ4v) is 4.74. The van der Waals surface area contributed by atoms with E-state index in [0.29, 0.717) is 28.4 Å². The molecule has 1 saturated carbocycles. The highest BCUT2D eigenvalue weighted by Gasteiger charge is 2.23. The first kappa shape index (κ1) is 22.9. The maximum atomic E-state index is 12.9. The van der Waals surface area contributed by atoms with Gasteiger partial charge in [-0.15, -0.1) is 0 Å². The number of furan rings is 1. The first-order chi connectivity index (χ1) is 17.2. The number of para-hydroxylation sites is 2. The zero-order valence-corrected chi connectivity index (χ0v) is 19.6. The van der Waals surface area contributed by atoms with Crippen LogP contribution in [0.3, 0.4) is 0 Å². The summed E-state index contributed by atoms with van der Waals surface area (Å²) in [6, 6.07) is 24.5. The van der Waals surface area contributed by atoms with Gasteiger partial charge in [0.25, 0.3) is 0 Å². The largest absolute Gasteiger partial charge is 0.489 e. The van der Waals surface area contributed by atoms with Gasteiger partial charge in [0.15, 0.2) is 12.4 Å². The summed E-state index contributed by atoms with van der Waals surface area (Å²) < 4.78 is 17.1. The van der Waals surface area contributed by atoms with E-state index < -0.39 is 5.97 Å². The Kier molecular flexibility index (Phi) is 6.94. The predicted octanol–water partition coefficient (Wildman–Crippen LogP) is 7.10. The molecule has 35 heavy (non-hydrogen) atoms. The molecule has 1 heterocycles. The molecule has 5 rings (SSSR count). The predicted molar refractivity (Wildman–Crippen MR) is 134 cm³/mol. The van der Waals surface area contributed by atoms with Gasteiger partial charge >= 0.3 is 5.97 Å². The lowest BCUT2D eigenvalue weighted by atomic mass is 9.84. The van der Waals surface area contributed by atoms with E-state index in [9.17, 15) is 9.59 Å². The summed E-state index contributed by atoms with van der Waals surface area (Å²) in [5.74, 6) is 0.397. The van der Waals surface area contributed by atoms with Crippen LogP contribution in [0.5, 0.6) is 5.75 Å². The number of benzene rings is 3. The number of rotatable bonds is 8. The molecule has 0 amide bonds. The van der Waals surface area contributed by atoms with E-state index in [2.05, 4.69) is 0 Å². The highest BCUT2D eigenvalue weighted by molar-refractivity contribution is 6.00. The fourth-order valence-electron chi connectivity index (χ4n) is 4.74. The molecule has 5 nitrogen and oxygen atoms in total. The van der Waals surface area contributed by atoms with Crippen molar-refractivity contribution in [3.8, 4) is 5.75 Å². The van der Waals surface area contributed by atoms with Crippen molar-refractivity contribution in [2.75, 3.05) is 6.61 Å². The minimum Gasteiger partial charge on any atom is -0.489 e. The van der Waals surface area contributed by atoms with Crippen LogP contribution < -0.4 is 4.74 Å². The van der Waals surface area contributed by atoms with Crippen molar-refractivity contribution in [1.82, 2.24) is 0 Å². The molecule has 0 saturated heterocycles. The zero-order valence-electron chi connectivity index (χ0n) is 19.6. The van der Waals surface area contributed by atoms with E-state index in [1.54, 1.807) is 6.07 Å². The molecule has 0 atom stereocenters. The second-order valence-electron chi connectivity index (χ2n) is 8.96. The molecule has 0 spiro atoms. The molecule has 0 N–H and O–H groups in total. The molecule has 1 aromatic heterocycles. The molecule has 178 valence electrons. The number of Topliss-reactive ketones (excluding diaryl/α,β-unsaturated/α-hetero) is 1. The summed E-state index contributed by atoms with van der Waals surface area (Å²) in [6.45, 7) is -0.209. The number of hydrogen-bond acceptors (Lipinski definition) is 5. The van der Waals surface area contributed by atoms with Crippen LogP contribution in [0.2, 0.25) is 0 Å². The van der Waals surface area contributed by atoms with E-state index in [0.717, 1.165) is 5.39 Å². The highest BCUT2D eigenvalue weighted by Crippen LogP contribution is 2.32. The second kappa shape index (κ2) is 10.6. The normalized spacial score (nSPS) is 14.1. The van der Waals surface area contributed by atoms with E-state index in [1.165, 1.54) is 37.7 Å². The minimum atomic E-state index is -0.681. The quantitative estimate of drug-likeness (QED) is 0.204. The van der Waals surface area contributed by atoms with Gasteiger partial charge in [-0.2, -0.15) is 0 Å². The number of carbonyl (C=O) groups is 2. The zero-order chi connectivity index (χ0) is 24.0. The van der Waals surface area contributed by atoms with Crippen LogP contribution in [0, 0.1) is 0 Å². The van der Waals surface area contributed by atoms with E-state index in [1.807, 2.05) is 72.8 Å². The van der Waals surface area contributed by atoms with Crippen molar-refractivity contribution in [2.24, 2.45) is 0 Å². The Morgan fingerprint density at radius 2 is 1.54 bits per heavy atom. The molecular formula is C30H28O5. The second-order valence-corrected chi connectivity index (χ2v) is 8.96. The third-order valence-corrected chi connectivity index (χ3v) is 6.65. The number of hydrogen-bond donors (Lipinski definition) is 0. The maximum absolute atomic E-state index is 12.9. The van der Waals surface area contributed by atoms with Crippen molar-refractivity contribution in [2.45, 2.75) is 44.6 Å². The molecule has 5 heteroatoms. The van der Waals surface area contributed by atoms with Crippen molar-refractivity contribution in [1.29, 1.82) is 0 Å². The van der Waals surface area contributed by atoms with Crippen LogP contribution in [0.25, 0.3) is 11.0 Å². The van der Waals surface area contributed by atoms with Crippen LogP contribution in [0.4, 0.5) is 0 Å². The molecule has 1 aliphatic rings. The Labute approximate surface area is 204 Å². The fraction of sp³-hybridized carbons (Fsp3) is 0.267. The Bertz CT molecular complexity index is 1300. The lowest BCUT2D eigenvalue weighted by Gasteiger charge is -2.22. The maximum Gasteiger partial charge on any atom is 0.375 e. The average molecular weight is 469 g/mol. The average Bonchev–Trinajstić information content (AvgIpc) is 3.30. The molecule has 4 aromatic rings. The molecule has 0 bridgehead atoms. The Balaban J connectivity index is 1.26. The van der Waals surface area contributed by atoms with Crippen LogP contribution in [-0.2, 0) is 11.3 Å². The van der Waals surface area contributed by atoms with Crippen molar-refractivity contribution < 1.29 is 23.5 Å². The third-order valence-electron chi connectivity index (χ3n) is 6.65. The van der Waals surface area contributed by atoms with Gasteiger partial charge in [-0.3, -0.25) is 4.79 Å². The SMILES string of the molecule is O=C(COC(=O)c1oc2ccccc2c1COc1ccccc1)c1ccc(C2CCCCC2)cc1. The van der Waals surface area contributed by atoms with Crippen molar-refractivity contribution in [3.05, 3.63) is 101 Å². The Morgan fingerprint density at radius 3 is 2.31 bits per heavy atom. The van der Waals surface area contributed by atoms with Gasteiger partial charge in [0.2, 0.25) is 5.76 Å². The number of fused-ring (bicyclic) bond motifs is 1. The number of ether oxygens (including phenoxy) is 2. The third kappa shape index (κ3) is 5.29. The van der Waals surface area contributed by atoms with Gasteiger partial charge in [0, 0.05) is 10.9 Å². The van der Waals surface area contributed by atoms with Crippen LogP contribution in [0.1, 0.15) is 70.1 Å². The van der Waals surface area contributed by atoms with Crippen LogP contribution >= 0.6 is 0 Å². The first-order valence-corrected chi connectivity index (χ1v) is 12.2. The monoisotopic (exact) mass is 468 g/mol. The van der Waals surface area contributed by atoms with Gasteiger partial charge in [-0.1, -0.05) is 79.9 Å². The Morgan fingerprint density at radius 1 is 0.829 bits per heavy atom. The summed E-state index contributed by atoms with van der Waals surface area (Å²) in [6.07, 6.45) is 6.25. The molecule has 3 aromatic carbocycles. The van der Waals surface area contributed by atoms with E-state index in [-0.39, 0.29) is 24.8 Å². The summed E-state index contributed by atoms with van der Waals surface area (Å²) in [4.78, 5) is 25.6. The van der Waals surface area contributed by atoms with Gasteiger partial charge in [0.05, 0.1) is 5.56 Å². The molecule has 1 aliphatic carbocycles. The van der Waals surface area contributed by atoms with Crippen molar-refractivity contribution >= 4 is 22.7 Å². The summed E-state index contributed by atoms with van der Waals surface area (Å²) in [5, 5.41) is 0.778. The van der Waals surface area contributed by atoms with E-state index >= 15 is 0 Å². The lowest BCUT2D eigenvalue weighted by molar-refractivity contribution is 0.0443. The number of esters is 1. The number of carbonyl (C=O) groups excluding carboxylic acids is 2. The van der Waals surface area contributed by atoms with Crippen LogP contribution in [0.15, 0.2) is 83.3 Å². The summed E-state index contributed by atoms with van der Waals surface area (Å²) >= 11 is 0. The molecule has 0 unspecified atom stereocenters. The van der Waals surface area contributed by atoms with Crippen molar-refractivity contribution in [3.63, 3.8) is 0 Å². The summed E-state index contributed by atoms with van der Waals surface area (Å²) in [7, 11) is 0. The highest BCUT2D eigenvalue weighted by atomic mass is 16.5. The smallest absolute Gasteiger partial charge is 0.375 e. The Hall–Kier alpha value is -3.86. The van der Waals surface area contributed by atoms with E-state index in [4.69, 9.17) is 13.9 Å². The van der Waals surface area contributed by atoms with Crippen LogP contribution in [-0.4, -0.2) is 18.4 Å². The standard InChI is InChI=1S/C30H28O5/c31-27(23-17-15-22(16-18-23)21-9-3-1-4-10-21)20-34-30(32)29-26(19-33-24-11-5-2-6-12-24)25-13-7-8-14-28(25)35-29/h2,5-8,11-18,21H,1,3-4,9-10,19-20H2. The molecule has 0 radical (unpaired) electrons. The van der Waals surface area contributed by atoms with Gasteiger partial charge in [-0.05, 0) is 42.5 Å². The number of ketones is 1. The van der Waals surface area contributed by atoms with Gasteiger partial charge < -0.3 is 13.9 Å². The molecule has 1 fully saturated rings. The van der Waals surface area contributed by atoms with Gasteiger partial charge in [-0.25, -0.2) is 4.79 Å². The summed E-state index contributed by atoms with van der Waals surface area (Å²) in [5.41, 5.74) is 2.98. The first-order valence-electron chi connectivity index (χ1n) is 12.2. The topological polar surface area (TPSA) is 65.7 Å².